The van der Waals surface area contributed by atoms with Crippen molar-refractivity contribution < 1.29 is 38.2 Å². The summed E-state index contributed by atoms with van der Waals surface area (Å²) in [7, 11) is 0. The van der Waals surface area contributed by atoms with Crippen molar-refractivity contribution in [2.24, 2.45) is 16.2 Å². The summed E-state index contributed by atoms with van der Waals surface area (Å²) in [6.07, 6.45) is 23.3. The van der Waals surface area contributed by atoms with Crippen LogP contribution in [-0.2, 0) is 23.9 Å². The van der Waals surface area contributed by atoms with E-state index in [-0.39, 0.29) is 52.4 Å². The molecule has 6 fully saturated rings. The van der Waals surface area contributed by atoms with Gasteiger partial charge >= 0.3 is 12.2 Å². The Balaban J connectivity index is 0.000000159. The van der Waals surface area contributed by atoms with Gasteiger partial charge in [-0.3, -0.25) is 19.2 Å². The van der Waals surface area contributed by atoms with Crippen LogP contribution in [-0.4, -0.2) is 121 Å². The SMILES string of the molecule is CC(C)(C)OC(=O)N1CCC2(CC1)/C(=C\c1nccs1)C(=O)/C2=C/c1nccs1.CC(C)(C)OC(=O)N1CCC2(CC1)CC(=O)C2.Cl.O=C1/C(=C/c2nccs2)C2(CCNCC2)/C1=C\c1nccs1.O=Cc1nccs1. The molecule has 2 amide bonds. The predicted molar refractivity (Wildman–Crippen MR) is 303 cm³/mol. The van der Waals surface area contributed by atoms with Crippen LogP contribution in [0.3, 0.4) is 0 Å². The number of Topliss-reactive ketones (excluding diaryl/α,β-unsaturated/α-hetero) is 3. The zero-order valence-electron chi connectivity index (χ0n) is 43.4. The van der Waals surface area contributed by atoms with Crippen LogP contribution >= 0.6 is 69.1 Å². The highest BCUT2D eigenvalue weighted by atomic mass is 35.5. The number of ether oxygens (including phenoxy) is 2. The summed E-state index contributed by atoms with van der Waals surface area (Å²) >= 11 is 7.51. The molecule has 5 aromatic rings. The van der Waals surface area contributed by atoms with E-state index < -0.39 is 11.2 Å². The predicted octanol–water partition coefficient (Wildman–Crippen LogP) is 11.4. The third-order valence-corrected chi connectivity index (χ3v) is 17.4. The number of piperidine rings is 3. The standard InChI is InChI=1S/C21H23N3O3S2.C16H15N3OS2.C13H21NO3.C4H3NOS.ClH/c1-20(2,3)27-19(26)24-8-4-21(5-9-24)14(12-16-22-6-10-28-16)18(25)15(21)13-17-23-7-11-29-17;20-15-11(9-13-18-5-7-21-13)16(1-3-17-4-2-16)12(15)10-14-19-6-8-22-14;1-12(2,3)17-11(16)14-6-4-13(5-7-14)8-10(15)9-13;6-3-4-5-1-2-7-4;/h6-7,10-13H,4-5,8-9H2,1-3H3;5-10,17H,1-4H2;4-9H2,1-3H3;1-3H;1H/b14-12-,15-13-;11-9-,12-10-;;;. The van der Waals surface area contributed by atoms with Crippen LogP contribution in [0.5, 0.6) is 0 Å². The molecular weight excluding hydrogens is 1080 g/mol. The quantitative estimate of drug-likeness (QED) is 0.128. The second-order valence-corrected chi connectivity index (χ2v) is 25.7. The number of carbonyl (C=O) groups excluding carboxylic acids is 6. The fourth-order valence-electron chi connectivity index (χ4n) is 10.1. The minimum atomic E-state index is -0.523. The summed E-state index contributed by atoms with van der Waals surface area (Å²) in [4.78, 5) is 95.3. The van der Waals surface area contributed by atoms with Gasteiger partial charge in [-0.2, -0.15) is 0 Å². The number of thiazole rings is 5. The van der Waals surface area contributed by atoms with Gasteiger partial charge in [-0.15, -0.1) is 69.1 Å². The van der Waals surface area contributed by atoms with E-state index >= 15 is 0 Å². The van der Waals surface area contributed by atoms with Gasteiger partial charge in [0, 0.05) is 130 Å². The number of rotatable bonds is 5. The topological polar surface area (TPSA) is 204 Å². The number of allylic oxidation sites excluding steroid dienone is 4. The van der Waals surface area contributed by atoms with Crippen LogP contribution in [0, 0.1) is 16.2 Å². The van der Waals surface area contributed by atoms with Gasteiger partial charge in [-0.05, 0) is 123 Å². The molecule has 11 rings (SSSR count). The molecule has 0 bridgehead atoms. The lowest BCUT2D eigenvalue weighted by Gasteiger charge is -2.50. The fourth-order valence-corrected chi connectivity index (χ4v) is 12.8. The average molecular weight is 1150 g/mol. The number of likely N-dealkylation sites (tertiary alicyclic amines) is 2. The third-order valence-electron chi connectivity index (χ3n) is 13.8. The Labute approximate surface area is 469 Å². The van der Waals surface area contributed by atoms with Crippen molar-refractivity contribution in [1.82, 2.24) is 40.0 Å². The molecule has 16 nitrogen and oxygen atoms in total. The normalized spacial score (nSPS) is 21.3. The van der Waals surface area contributed by atoms with Gasteiger partial charge in [-0.25, -0.2) is 34.5 Å². The highest BCUT2D eigenvalue weighted by Crippen LogP contribution is 2.57. The first-order valence-corrected chi connectivity index (χ1v) is 29.3. The maximum atomic E-state index is 13.0. The Morgan fingerprint density at radius 1 is 0.526 bits per heavy atom. The number of ketones is 3. The van der Waals surface area contributed by atoms with Crippen LogP contribution in [0.1, 0.15) is 123 Å². The zero-order valence-corrected chi connectivity index (χ0v) is 48.3. The summed E-state index contributed by atoms with van der Waals surface area (Å²) in [5, 5.41) is 16.9. The molecule has 22 heteroatoms. The minimum Gasteiger partial charge on any atom is -0.444 e. The lowest BCUT2D eigenvalue weighted by atomic mass is 9.55. The van der Waals surface area contributed by atoms with E-state index in [2.05, 4.69) is 30.2 Å². The summed E-state index contributed by atoms with van der Waals surface area (Å²) in [6, 6.07) is 0. The Morgan fingerprint density at radius 3 is 1.12 bits per heavy atom. The van der Waals surface area contributed by atoms with Crippen LogP contribution in [0.4, 0.5) is 9.59 Å². The van der Waals surface area contributed by atoms with E-state index in [1.165, 1.54) is 34.0 Å². The second-order valence-electron chi connectivity index (χ2n) is 21.1. The smallest absolute Gasteiger partial charge is 0.410 e. The van der Waals surface area contributed by atoms with E-state index in [4.69, 9.17) is 9.47 Å². The number of aromatic nitrogens is 5. The Hall–Kier alpha value is -5.42. The Kier molecular flexibility index (Phi) is 19.1. The van der Waals surface area contributed by atoms with Crippen LogP contribution in [0.25, 0.3) is 24.3 Å². The minimum absolute atomic E-state index is 0. The Morgan fingerprint density at radius 2 is 0.842 bits per heavy atom. The summed E-state index contributed by atoms with van der Waals surface area (Å²) in [5.74, 6) is 0.587. The van der Waals surface area contributed by atoms with Gasteiger partial charge < -0.3 is 24.6 Å². The maximum Gasteiger partial charge on any atom is 0.410 e. The maximum absolute atomic E-state index is 13.0. The first-order valence-electron chi connectivity index (χ1n) is 24.9. The summed E-state index contributed by atoms with van der Waals surface area (Å²) < 4.78 is 10.9. The molecule has 6 aliphatic rings. The van der Waals surface area contributed by atoms with Gasteiger partial charge in [0.2, 0.25) is 0 Å². The lowest BCUT2D eigenvalue weighted by molar-refractivity contribution is -0.135. The van der Waals surface area contributed by atoms with Crippen molar-refractivity contribution in [3.05, 3.63) is 105 Å². The van der Waals surface area contributed by atoms with E-state index in [1.807, 2.05) is 87.4 Å². The van der Waals surface area contributed by atoms with Crippen molar-refractivity contribution in [2.45, 2.75) is 104 Å². The van der Waals surface area contributed by atoms with Gasteiger partial charge in [-0.1, -0.05) is 0 Å². The number of nitrogens with one attached hydrogen (secondary N) is 1. The number of halogens is 1. The van der Waals surface area contributed by atoms with Crippen LogP contribution in [0.2, 0.25) is 0 Å². The number of nitrogens with zero attached hydrogens (tertiary/aromatic N) is 7. The zero-order chi connectivity index (χ0) is 53.4. The van der Waals surface area contributed by atoms with E-state index in [0.29, 0.717) is 36.7 Å². The molecule has 3 aliphatic carbocycles. The van der Waals surface area contributed by atoms with Crippen molar-refractivity contribution in [3.63, 3.8) is 0 Å². The number of hydrogen-bond donors (Lipinski definition) is 1. The van der Waals surface area contributed by atoms with E-state index in [1.54, 1.807) is 68.8 Å². The molecule has 3 saturated heterocycles. The van der Waals surface area contributed by atoms with Crippen molar-refractivity contribution in [2.75, 3.05) is 39.3 Å². The molecule has 8 heterocycles. The second kappa shape index (κ2) is 24.9. The molecule has 3 spiro atoms. The average Bonchev–Trinajstić information content (AvgIpc) is 4.29. The number of hydrogen-bond acceptors (Lipinski definition) is 19. The van der Waals surface area contributed by atoms with Crippen molar-refractivity contribution >= 4 is 129 Å². The monoisotopic (exact) mass is 1150 g/mol. The summed E-state index contributed by atoms with van der Waals surface area (Å²) in [6.45, 7) is 15.7. The van der Waals surface area contributed by atoms with Gasteiger partial charge in [0.15, 0.2) is 22.9 Å². The number of amides is 2. The van der Waals surface area contributed by atoms with Crippen molar-refractivity contribution in [3.8, 4) is 0 Å². The highest BCUT2D eigenvalue weighted by Gasteiger charge is 2.56. The molecule has 404 valence electrons. The molecule has 3 saturated carbocycles. The molecule has 0 radical (unpaired) electrons. The molecule has 76 heavy (non-hydrogen) atoms. The molecule has 0 aromatic carbocycles. The molecule has 0 unspecified atom stereocenters. The Bertz CT molecular complexity index is 2790. The fraction of sp³-hybridized carbons (Fsp3) is 0.463. The van der Waals surface area contributed by atoms with Crippen LogP contribution < -0.4 is 5.32 Å². The lowest BCUT2D eigenvalue weighted by Crippen LogP contribution is -2.53. The van der Waals surface area contributed by atoms with E-state index in [0.717, 1.165) is 113 Å². The van der Waals surface area contributed by atoms with Gasteiger partial charge in [0.05, 0.1) is 0 Å². The first-order chi connectivity index (χ1) is 35.8. The molecule has 0 atom stereocenters. The first kappa shape index (κ1) is 58.3. The third kappa shape index (κ3) is 14.0. The van der Waals surface area contributed by atoms with Gasteiger partial charge in [0.1, 0.15) is 37.0 Å². The molecule has 1 N–H and O–H groups in total. The van der Waals surface area contributed by atoms with Gasteiger partial charge in [0.25, 0.3) is 0 Å². The van der Waals surface area contributed by atoms with E-state index in [9.17, 15) is 28.8 Å². The largest absolute Gasteiger partial charge is 0.444 e. The van der Waals surface area contributed by atoms with Crippen LogP contribution in [0.15, 0.2) is 80.2 Å². The molecular formula is C54H63ClN8O8S5. The number of aldehydes is 1. The summed E-state index contributed by atoms with van der Waals surface area (Å²) in [5.41, 5.74) is 2.22. The molecule has 5 aromatic heterocycles. The molecule has 3 aliphatic heterocycles. The number of carbonyl (C=O) groups is 6. The van der Waals surface area contributed by atoms with Crippen molar-refractivity contribution in [1.29, 1.82) is 0 Å². The highest BCUT2D eigenvalue weighted by molar-refractivity contribution is 7.11.